The number of carbonyl (C=O) groups is 1. The fourth-order valence-electron chi connectivity index (χ4n) is 2.68. The summed E-state index contributed by atoms with van der Waals surface area (Å²) >= 11 is 0. The van der Waals surface area contributed by atoms with Crippen molar-refractivity contribution in [2.45, 2.75) is 19.5 Å². The lowest BCUT2D eigenvalue weighted by Crippen LogP contribution is -2.32. The standard InChI is InChI=1S/C15H19N5O2/c1-19(2)15(22)13-4-3-11(16-13)9-20-6-5-12-10(8-20)7-14(21)18-17-12/h3-4,7,16H,5-6,8-9H2,1-2H3,(H,18,21). The average Bonchev–Trinajstić information content (AvgIpc) is 2.94. The first-order valence-electron chi connectivity index (χ1n) is 7.22. The Morgan fingerprint density at radius 3 is 3.00 bits per heavy atom. The van der Waals surface area contributed by atoms with Crippen molar-refractivity contribution >= 4 is 5.91 Å². The first-order valence-corrected chi connectivity index (χ1v) is 7.22. The third-order valence-electron chi connectivity index (χ3n) is 3.81. The van der Waals surface area contributed by atoms with E-state index in [0.29, 0.717) is 18.8 Å². The summed E-state index contributed by atoms with van der Waals surface area (Å²) in [6, 6.07) is 5.36. The van der Waals surface area contributed by atoms with Gasteiger partial charge in [-0.1, -0.05) is 0 Å². The normalized spacial score (nSPS) is 14.6. The van der Waals surface area contributed by atoms with Gasteiger partial charge in [0.2, 0.25) is 0 Å². The van der Waals surface area contributed by atoms with Crippen molar-refractivity contribution in [2.24, 2.45) is 0 Å². The Morgan fingerprint density at radius 1 is 1.41 bits per heavy atom. The molecule has 1 amide bonds. The van der Waals surface area contributed by atoms with Gasteiger partial charge in [-0.3, -0.25) is 14.5 Å². The number of rotatable bonds is 3. The van der Waals surface area contributed by atoms with Crippen LogP contribution in [0.5, 0.6) is 0 Å². The highest BCUT2D eigenvalue weighted by Crippen LogP contribution is 2.17. The summed E-state index contributed by atoms with van der Waals surface area (Å²) in [5, 5.41) is 6.56. The minimum atomic E-state index is -0.167. The molecule has 1 aliphatic rings. The third-order valence-corrected chi connectivity index (χ3v) is 3.81. The Balaban J connectivity index is 1.70. The summed E-state index contributed by atoms with van der Waals surface area (Å²) in [5.74, 6) is -0.0361. The molecule has 7 nitrogen and oxygen atoms in total. The molecule has 2 aromatic rings. The van der Waals surface area contributed by atoms with Crippen LogP contribution in [0.2, 0.25) is 0 Å². The van der Waals surface area contributed by atoms with Crippen molar-refractivity contribution in [3.05, 3.63) is 51.2 Å². The minimum absolute atomic E-state index is 0.0361. The number of H-pyrrole nitrogens is 2. The highest BCUT2D eigenvalue weighted by Gasteiger charge is 2.19. The molecule has 3 rings (SSSR count). The third kappa shape index (κ3) is 2.94. The smallest absolute Gasteiger partial charge is 0.269 e. The van der Waals surface area contributed by atoms with Gasteiger partial charge in [-0.25, -0.2) is 5.10 Å². The molecule has 22 heavy (non-hydrogen) atoms. The van der Waals surface area contributed by atoms with Crippen molar-refractivity contribution in [3.63, 3.8) is 0 Å². The predicted octanol–water partition coefficient (Wildman–Crippen LogP) is 0.358. The summed E-state index contributed by atoms with van der Waals surface area (Å²) < 4.78 is 0. The van der Waals surface area contributed by atoms with E-state index in [2.05, 4.69) is 20.1 Å². The maximum absolute atomic E-state index is 11.9. The van der Waals surface area contributed by atoms with Crippen LogP contribution in [0.3, 0.4) is 0 Å². The molecular weight excluding hydrogens is 282 g/mol. The number of nitrogens with one attached hydrogen (secondary N) is 2. The first kappa shape index (κ1) is 14.5. The topological polar surface area (TPSA) is 85.1 Å². The zero-order valence-electron chi connectivity index (χ0n) is 12.7. The number of hydrogen-bond donors (Lipinski definition) is 2. The molecule has 0 saturated carbocycles. The van der Waals surface area contributed by atoms with E-state index >= 15 is 0 Å². The molecule has 0 spiro atoms. The van der Waals surface area contributed by atoms with Gasteiger partial charge in [0, 0.05) is 51.9 Å². The first-order chi connectivity index (χ1) is 10.5. The Hall–Kier alpha value is -2.41. The van der Waals surface area contributed by atoms with Crippen LogP contribution in [0.15, 0.2) is 23.0 Å². The molecule has 116 valence electrons. The zero-order valence-corrected chi connectivity index (χ0v) is 12.7. The summed E-state index contributed by atoms with van der Waals surface area (Å²) in [4.78, 5) is 30.2. The number of carbonyl (C=O) groups excluding carboxylic acids is 1. The highest BCUT2D eigenvalue weighted by atomic mass is 16.2. The molecule has 3 heterocycles. The SMILES string of the molecule is CN(C)C(=O)c1ccc(CN2CCc3n[nH]c(=O)cc3C2)[nH]1. The molecular formula is C15H19N5O2. The molecule has 0 aromatic carbocycles. The van der Waals surface area contributed by atoms with Gasteiger partial charge in [-0.05, 0) is 17.7 Å². The number of nitrogens with zero attached hydrogens (tertiary/aromatic N) is 3. The number of aromatic amines is 2. The number of aromatic nitrogens is 3. The van der Waals surface area contributed by atoms with E-state index in [1.807, 2.05) is 12.1 Å². The second-order valence-corrected chi connectivity index (χ2v) is 5.76. The molecule has 0 saturated heterocycles. The van der Waals surface area contributed by atoms with E-state index < -0.39 is 0 Å². The van der Waals surface area contributed by atoms with Crippen LogP contribution in [-0.4, -0.2) is 51.5 Å². The molecule has 7 heteroatoms. The van der Waals surface area contributed by atoms with Gasteiger partial charge in [0.25, 0.3) is 11.5 Å². The number of hydrogen-bond acceptors (Lipinski definition) is 4. The van der Waals surface area contributed by atoms with Gasteiger partial charge in [0.1, 0.15) is 5.69 Å². The van der Waals surface area contributed by atoms with Crippen LogP contribution in [0.25, 0.3) is 0 Å². The Morgan fingerprint density at radius 2 is 2.23 bits per heavy atom. The van der Waals surface area contributed by atoms with Crippen LogP contribution in [-0.2, 0) is 19.5 Å². The molecule has 0 atom stereocenters. The summed E-state index contributed by atoms with van der Waals surface area (Å²) in [5.41, 5.74) is 3.36. The van der Waals surface area contributed by atoms with Crippen LogP contribution in [0.4, 0.5) is 0 Å². The van der Waals surface area contributed by atoms with E-state index in [-0.39, 0.29) is 11.5 Å². The van der Waals surface area contributed by atoms with Crippen molar-refractivity contribution < 1.29 is 4.79 Å². The second-order valence-electron chi connectivity index (χ2n) is 5.76. The lowest BCUT2D eigenvalue weighted by Gasteiger charge is -2.27. The summed E-state index contributed by atoms with van der Waals surface area (Å²) in [7, 11) is 3.46. The molecule has 2 N–H and O–H groups in total. The van der Waals surface area contributed by atoms with E-state index in [1.54, 1.807) is 25.1 Å². The highest BCUT2D eigenvalue weighted by molar-refractivity contribution is 5.92. The second kappa shape index (κ2) is 5.76. The fraction of sp³-hybridized carbons (Fsp3) is 0.400. The van der Waals surface area contributed by atoms with Crippen molar-refractivity contribution in [1.82, 2.24) is 25.0 Å². The van der Waals surface area contributed by atoms with Gasteiger partial charge in [0.15, 0.2) is 0 Å². The Bertz CT molecular complexity index is 746. The predicted molar refractivity (Wildman–Crippen MR) is 81.5 cm³/mol. The van der Waals surface area contributed by atoms with E-state index in [9.17, 15) is 9.59 Å². The largest absolute Gasteiger partial charge is 0.353 e. The summed E-state index contributed by atoms with van der Waals surface area (Å²) in [6.45, 7) is 2.29. The monoisotopic (exact) mass is 301 g/mol. The molecule has 0 unspecified atom stereocenters. The van der Waals surface area contributed by atoms with Crippen LogP contribution in [0, 0.1) is 0 Å². The van der Waals surface area contributed by atoms with Gasteiger partial charge >= 0.3 is 0 Å². The van der Waals surface area contributed by atoms with Gasteiger partial charge in [0.05, 0.1) is 5.69 Å². The number of amides is 1. The zero-order chi connectivity index (χ0) is 15.7. The fourth-order valence-corrected chi connectivity index (χ4v) is 2.68. The average molecular weight is 301 g/mol. The molecule has 2 aromatic heterocycles. The molecule has 0 bridgehead atoms. The maximum atomic E-state index is 11.9. The Kier molecular flexibility index (Phi) is 3.81. The van der Waals surface area contributed by atoms with Crippen LogP contribution >= 0.6 is 0 Å². The van der Waals surface area contributed by atoms with Crippen LogP contribution in [0.1, 0.15) is 27.4 Å². The van der Waals surface area contributed by atoms with Crippen molar-refractivity contribution in [3.8, 4) is 0 Å². The molecule has 0 fully saturated rings. The van der Waals surface area contributed by atoms with E-state index in [1.165, 1.54) is 0 Å². The lowest BCUT2D eigenvalue weighted by molar-refractivity contribution is 0.0822. The van der Waals surface area contributed by atoms with E-state index in [4.69, 9.17) is 0 Å². The summed E-state index contributed by atoms with van der Waals surface area (Å²) in [6.07, 6.45) is 0.816. The van der Waals surface area contributed by atoms with E-state index in [0.717, 1.165) is 29.9 Å². The van der Waals surface area contributed by atoms with Crippen molar-refractivity contribution in [1.29, 1.82) is 0 Å². The minimum Gasteiger partial charge on any atom is -0.353 e. The lowest BCUT2D eigenvalue weighted by atomic mass is 10.1. The van der Waals surface area contributed by atoms with Gasteiger partial charge in [-0.2, -0.15) is 5.10 Å². The molecule has 1 aliphatic heterocycles. The maximum Gasteiger partial charge on any atom is 0.269 e. The Labute approximate surface area is 127 Å². The number of fused-ring (bicyclic) bond motifs is 1. The quantitative estimate of drug-likeness (QED) is 0.857. The van der Waals surface area contributed by atoms with Crippen LogP contribution < -0.4 is 5.56 Å². The molecule has 0 radical (unpaired) electrons. The molecule has 0 aliphatic carbocycles. The van der Waals surface area contributed by atoms with Crippen molar-refractivity contribution in [2.75, 3.05) is 20.6 Å². The van der Waals surface area contributed by atoms with Gasteiger partial charge < -0.3 is 9.88 Å². The van der Waals surface area contributed by atoms with Gasteiger partial charge in [-0.15, -0.1) is 0 Å².